The number of piperazine rings is 1. The molecule has 11 nitrogen and oxygen atoms in total. The van der Waals surface area contributed by atoms with Gasteiger partial charge in [-0.3, -0.25) is 19.4 Å². The molecule has 2 aromatic carbocycles. The molecule has 0 unspecified atom stereocenters. The first kappa shape index (κ1) is 26.2. The van der Waals surface area contributed by atoms with Gasteiger partial charge in [-0.1, -0.05) is 6.07 Å². The molecule has 0 aromatic heterocycles. The van der Waals surface area contributed by atoms with Crippen molar-refractivity contribution in [1.82, 2.24) is 15.1 Å². The summed E-state index contributed by atoms with van der Waals surface area (Å²) in [5, 5.41) is 24.9. The fraction of sp³-hybridized carbons (Fsp3) is 0.483. The van der Waals surface area contributed by atoms with Gasteiger partial charge in [-0.05, 0) is 44.9 Å². The Labute approximate surface area is 232 Å². The van der Waals surface area contributed by atoms with E-state index in [2.05, 4.69) is 21.2 Å². The average molecular weight is 549 g/mol. The van der Waals surface area contributed by atoms with Crippen LogP contribution in [0.3, 0.4) is 0 Å². The fourth-order valence-corrected chi connectivity index (χ4v) is 7.47. The maximum atomic E-state index is 12.3. The van der Waals surface area contributed by atoms with Crippen molar-refractivity contribution in [2.45, 2.75) is 63.8 Å². The molecule has 0 aliphatic carbocycles. The molecule has 4 heterocycles. The van der Waals surface area contributed by atoms with Gasteiger partial charge in [-0.15, -0.1) is 0 Å². The monoisotopic (exact) mass is 548 g/mol. The summed E-state index contributed by atoms with van der Waals surface area (Å²) in [4.78, 5) is 28.1. The van der Waals surface area contributed by atoms with Crippen molar-refractivity contribution >= 4 is 12.4 Å². The Bertz CT molecular complexity index is 1470. The number of rotatable bonds is 5. The summed E-state index contributed by atoms with van der Waals surface area (Å²) in [5.74, 6) is 1.50. The Morgan fingerprint density at radius 3 is 2.65 bits per heavy atom. The van der Waals surface area contributed by atoms with Crippen molar-refractivity contribution in [3.8, 4) is 34.8 Å². The maximum absolute atomic E-state index is 12.3. The molecule has 5 atom stereocenters. The van der Waals surface area contributed by atoms with E-state index in [1.165, 1.54) is 14.0 Å². The maximum Gasteiger partial charge on any atom is 0.308 e. The van der Waals surface area contributed by atoms with Crippen molar-refractivity contribution in [3.05, 3.63) is 39.4 Å². The molecule has 0 saturated carbocycles. The summed E-state index contributed by atoms with van der Waals surface area (Å²) >= 11 is 0. The highest BCUT2D eigenvalue weighted by molar-refractivity contribution is 5.74. The van der Waals surface area contributed by atoms with Crippen molar-refractivity contribution < 1.29 is 33.6 Å². The molecule has 210 valence electrons. The first-order chi connectivity index (χ1) is 19.2. The fourth-order valence-electron chi connectivity index (χ4n) is 7.47. The summed E-state index contributed by atoms with van der Waals surface area (Å²) in [6, 6.07) is 2.78. The number of nitrogens with one attached hydrogen (secondary N) is 1. The minimum absolute atomic E-state index is 0.0133. The number of carbonyl (C=O) groups is 2. The number of benzene rings is 2. The van der Waals surface area contributed by atoms with E-state index < -0.39 is 18.1 Å². The topological polar surface area (TPSA) is 134 Å². The summed E-state index contributed by atoms with van der Waals surface area (Å²) in [6.07, 6.45) is 1.60. The first-order valence-corrected chi connectivity index (χ1v) is 13.3. The Kier molecular flexibility index (Phi) is 6.27. The quantitative estimate of drug-likeness (QED) is 0.325. The normalized spacial score (nSPS) is 26.1. The SMILES string of the molecule is COc1c(C)cc2c(c1O)[C@@H]1[C@@H]3Cc4c(OC(C)=O)c(C)c5c(c4[C@H](CNC=O)N3[C@@H](C#N)[C@@H](C2)N1C)OCO5. The number of nitrogens with zero attached hydrogens (tertiary/aromatic N) is 3. The van der Waals surface area contributed by atoms with Gasteiger partial charge in [0.1, 0.15) is 11.8 Å². The van der Waals surface area contributed by atoms with E-state index in [0.29, 0.717) is 47.8 Å². The summed E-state index contributed by atoms with van der Waals surface area (Å²) < 4.78 is 23.2. The number of hydrogen-bond donors (Lipinski definition) is 2. The number of aryl methyl sites for hydroxylation is 1. The Morgan fingerprint density at radius 2 is 1.98 bits per heavy atom. The molecule has 1 amide bonds. The van der Waals surface area contributed by atoms with Crippen molar-refractivity contribution in [3.63, 3.8) is 0 Å². The van der Waals surface area contributed by atoms with Gasteiger partial charge in [0.2, 0.25) is 13.2 Å². The van der Waals surface area contributed by atoms with Crippen molar-refractivity contribution in [2.24, 2.45) is 0 Å². The molecule has 0 spiro atoms. The lowest BCUT2D eigenvalue weighted by Gasteiger charge is -2.60. The molecule has 1 fully saturated rings. The number of amides is 1. The molecule has 4 aliphatic rings. The third-order valence-corrected chi connectivity index (χ3v) is 8.91. The van der Waals surface area contributed by atoms with Crippen LogP contribution in [0.4, 0.5) is 0 Å². The molecule has 2 aromatic rings. The molecule has 1 saturated heterocycles. The predicted octanol–water partition coefficient (Wildman–Crippen LogP) is 2.19. The van der Waals surface area contributed by atoms with Gasteiger partial charge >= 0.3 is 5.97 Å². The van der Waals surface area contributed by atoms with E-state index in [1.807, 2.05) is 27.0 Å². The number of phenols is 1. The highest BCUT2D eigenvalue weighted by Crippen LogP contribution is 2.58. The molecule has 40 heavy (non-hydrogen) atoms. The average Bonchev–Trinajstić information content (AvgIpc) is 3.40. The van der Waals surface area contributed by atoms with Gasteiger partial charge in [0.25, 0.3) is 0 Å². The predicted molar refractivity (Wildman–Crippen MR) is 142 cm³/mol. The highest BCUT2D eigenvalue weighted by atomic mass is 16.7. The summed E-state index contributed by atoms with van der Waals surface area (Å²) in [7, 11) is 3.52. The number of aromatic hydroxyl groups is 1. The standard InChI is InChI=1S/C29H32N4O7/c1-13-6-16-7-18-20(9-30)33-19(24(32(18)4)22(16)25(36)26(13)37-5)8-17-23(21(33)10-31-11-34)29-28(38-12-39-29)14(2)27(17)40-15(3)35/h6,11,18-21,24,36H,7-8,10,12H2,1-5H3,(H,31,34)/t18-,19+,20+,21+,24+/m1/s1. The number of nitriles is 1. The molecule has 6 rings (SSSR count). The van der Waals surface area contributed by atoms with E-state index in [0.717, 1.165) is 27.8 Å². The minimum Gasteiger partial charge on any atom is -0.504 e. The number of hydrogen-bond acceptors (Lipinski definition) is 10. The van der Waals surface area contributed by atoms with Gasteiger partial charge < -0.3 is 29.4 Å². The van der Waals surface area contributed by atoms with E-state index >= 15 is 0 Å². The molecule has 11 heteroatoms. The smallest absolute Gasteiger partial charge is 0.308 e. The second kappa shape index (κ2) is 9.57. The third kappa shape index (κ3) is 3.56. The van der Waals surface area contributed by atoms with Crippen LogP contribution in [0.25, 0.3) is 0 Å². The minimum atomic E-state index is -0.535. The highest BCUT2D eigenvalue weighted by Gasteiger charge is 2.56. The lowest BCUT2D eigenvalue weighted by molar-refractivity contribution is -0.132. The van der Waals surface area contributed by atoms with E-state index in [4.69, 9.17) is 18.9 Å². The molecule has 2 N–H and O–H groups in total. The molecule has 2 bridgehead atoms. The van der Waals surface area contributed by atoms with E-state index in [-0.39, 0.29) is 37.2 Å². The van der Waals surface area contributed by atoms with Gasteiger partial charge in [0.05, 0.1) is 25.3 Å². The van der Waals surface area contributed by atoms with Crippen LogP contribution in [0.2, 0.25) is 0 Å². The van der Waals surface area contributed by atoms with Crippen LogP contribution in [-0.2, 0) is 22.4 Å². The van der Waals surface area contributed by atoms with Gasteiger partial charge in [0, 0.05) is 47.8 Å². The number of ether oxygens (including phenoxy) is 4. The Morgan fingerprint density at radius 1 is 1.23 bits per heavy atom. The van der Waals surface area contributed by atoms with Crippen molar-refractivity contribution in [2.75, 3.05) is 27.5 Å². The van der Waals surface area contributed by atoms with Crippen LogP contribution < -0.4 is 24.3 Å². The number of carbonyl (C=O) groups excluding carboxylic acids is 2. The molecule has 4 aliphatic heterocycles. The van der Waals surface area contributed by atoms with Crippen LogP contribution in [-0.4, -0.2) is 72.9 Å². The third-order valence-electron chi connectivity index (χ3n) is 8.91. The van der Waals surface area contributed by atoms with Gasteiger partial charge in [-0.25, -0.2) is 0 Å². The second-order valence-corrected chi connectivity index (χ2v) is 10.9. The Balaban J connectivity index is 1.63. The van der Waals surface area contributed by atoms with Crippen LogP contribution in [0.15, 0.2) is 6.07 Å². The zero-order valence-electron chi connectivity index (χ0n) is 23.1. The van der Waals surface area contributed by atoms with Crippen LogP contribution in [0.5, 0.6) is 28.7 Å². The van der Waals surface area contributed by atoms with Gasteiger partial charge in [-0.2, -0.15) is 5.26 Å². The Hall–Kier alpha value is -4.01. The lowest BCUT2D eigenvalue weighted by atomic mass is 9.71. The van der Waals surface area contributed by atoms with E-state index in [9.17, 15) is 20.0 Å². The molecular weight excluding hydrogens is 516 g/mol. The lowest BCUT2D eigenvalue weighted by Crippen LogP contribution is -2.68. The number of esters is 1. The zero-order chi connectivity index (χ0) is 28.5. The zero-order valence-corrected chi connectivity index (χ0v) is 23.1. The number of fused-ring (bicyclic) bond motifs is 9. The van der Waals surface area contributed by atoms with Crippen LogP contribution in [0.1, 0.15) is 52.4 Å². The van der Waals surface area contributed by atoms with Crippen LogP contribution >= 0.6 is 0 Å². The number of likely N-dealkylation sites (N-methyl/N-ethyl adjacent to an activating group) is 1. The largest absolute Gasteiger partial charge is 0.504 e. The molecular formula is C29H32N4O7. The second-order valence-electron chi connectivity index (χ2n) is 10.9. The summed E-state index contributed by atoms with van der Waals surface area (Å²) in [5.41, 5.74) is 4.75. The molecule has 0 radical (unpaired) electrons. The van der Waals surface area contributed by atoms with Crippen LogP contribution in [0, 0.1) is 25.2 Å². The van der Waals surface area contributed by atoms with E-state index in [1.54, 1.807) is 0 Å². The summed E-state index contributed by atoms with van der Waals surface area (Å²) in [6.45, 7) is 5.29. The number of methoxy groups -OCH3 is 1. The van der Waals surface area contributed by atoms with Gasteiger partial charge in [0.15, 0.2) is 23.0 Å². The first-order valence-electron chi connectivity index (χ1n) is 13.3. The number of phenolic OH excluding ortho intramolecular Hbond substituents is 1. The van der Waals surface area contributed by atoms with Crippen molar-refractivity contribution in [1.29, 1.82) is 5.26 Å².